The summed E-state index contributed by atoms with van der Waals surface area (Å²) in [4.78, 5) is 0. The summed E-state index contributed by atoms with van der Waals surface area (Å²) in [5.41, 5.74) is 2.72. The Hall–Kier alpha value is -0.980. The summed E-state index contributed by atoms with van der Waals surface area (Å²) < 4.78 is 0. The van der Waals surface area contributed by atoms with E-state index in [1.807, 2.05) is 0 Å². The average molecular weight is 191 g/mol. The Bertz CT molecular complexity index is 247. The Kier molecular flexibility index (Phi) is 3.99. The summed E-state index contributed by atoms with van der Waals surface area (Å²) in [6.45, 7) is 8.86. The minimum atomic E-state index is 0.503. The number of anilines is 1. The summed E-state index contributed by atoms with van der Waals surface area (Å²) in [5, 5.41) is 3.48. The van der Waals surface area contributed by atoms with Gasteiger partial charge in [-0.1, -0.05) is 32.0 Å². The summed E-state index contributed by atoms with van der Waals surface area (Å²) in [6, 6.07) is 9.09. The second-order valence-corrected chi connectivity index (χ2v) is 4.55. The van der Waals surface area contributed by atoms with Gasteiger partial charge < -0.3 is 5.32 Å². The first kappa shape index (κ1) is 11.1. The first-order valence-electron chi connectivity index (χ1n) is 5.44. The van der Waals surface area contributed by atoms with Gasteiger partial charge in [-0.25, -0.2) is 0 Å². The fourth-order valence-corrected chi connectivity index (χ4v) is 1.59. The highest BCUT2D eigenvalue weighted by Crippen LogP contribution is 2.19. The molecule has 0 saturated carbocycles. The summed E-state index contributed by atoms with van der Waals surface area (Å²) in [7, 11) is 0. The van der Waals surface area contributed by atoms with Crippen LogP contribution in [0.3, 0.4) is 0 Å². The van der Waals surface area contributed by atoms with Gasteiger partial charge in [0.25, 0.3) is 0 Å². The number of para-hydroxylation sites is 1. The van der Waals surface area contributed by atoms with Gasteiger partial charge in [0.05, 0.1) is 0 Å². The van der Waals surface area contributed by atoms with Gasteiger partial charge in [-0.05, 0) is 37.8 Å². The molecule has 1 rings (SSSR count). The highest BCUT2D eigenvalue weighted by Gasteiger charge is 2.04. The van der Waals surface area contributed by atoms with Gasteiger partial charge in [-0.2, -0.15) is 0 Å². The van der Waals surface area contributed by atoms with E-state index in [9.17, 15) is 0 Å². The van der Waals surface area contributed by atoms with Gasteiger partial charge in [0.1, 0.15) is 0 Å². The minimum absolute atomic E-state index is 0.503. The molecule has 0 heterocycles. The third-order valence-corrected chi connectivity index (χ3v) is 2.09. The third kappa shape index (κ3) is 3.41. The fraction of sp³-hybridized carbons (Fsp3) is 0.538. The van der Waals surface area contributed by atoms with Crippen molar-refractivity contribution in [1.82, 2.24) is 0 Å². The van der Waals surface area contributed by atoms with Crippen molar-refractivity contribution in [3.8, 4) is 0 Å². The number of hydrogen-bond donors (Lipinski definition) is 1. The molecule has 0 saturated heterocycles. The maximum Gasteiger partial charge on any atom is 0.0374 e. The number of nitrogens with one attached hydrogen (secondary N) is 1. The van der Waals surface area contributed by atoms with Crippen molar-refractivity contribution in [1.29, 1.82) is 0 Å². The van der Waals surface area contributed by atoms with Gasteiger partial charge in [-0.15, -0.1) is 0 Å². The summed E-state index contributed by atoms with van der Waals surface area (Å²) >= 11 is 0. The van der Waals surface area contributed by atoms with E-state index in [0.29, 0.717) is 12.0 Å². The molecule has 0 aromatic heterocycles. The lowest BCUT2D eigenvalue weighted by atomic mass is 10.0. The van der Waals surface area contributed by atoms with E-state index in [1.54, 1.807) is 0 Å². The van der Waals surface area contributed by atoms with E-state index >= 15 is 0 Å². The van der Waals surface area contributed by atoms with Gasteiger partial charge in [0, 0.05) is 11.7 Å². The van der Waals surface area contributed by atoms with Gasteiger partial charge in [0.15, 0.2) is 0 Å². The van der Waals surface area contributed by atoms with Gasteiger partial charge in [-0.3, -0.25) is 0 Å². The van der Waals surface area contributed by atoms with Crippen molar-refractivity contribution in [3.05, 3.63) is 29.8 Å². The second kappa shape index (κ2) is 5.04. The summed E-state index contributed by atoms with van der Waals surface area (Å²) in [6.07, 6.45) is 1.15. The zero-order chi connectivity index (χ0) is 10.6. The Morgan fingerprint density at radius 3 is 2.29 bits per heavy atom. The predicted octanol–water partition coefficient (Wildman–Crippen LogP) is 3.71. The van der Waals surface area contributed by atoms with Crippen LogP contribution in [0.25, 0.3) is 0 Å². The lowest BCUT2D eigenvalue weighted by molar-refractivity contribution is 0.647. The Balaban J connectivity index is 2.80. The molecule has 0 aliphatic heterocycles. The molecule has 78 valence electrons. The molecule has 0 bridgehead atoms. The molecule has 0 atom stereocenters. The van der Waals surface area contributed by atoms with Crippen LogP contribution in [0.4, 0.5) is 5.69 Å². The number of hydrogen-bond acceptors (Lipinski definition) is 1. The van der Waals surface area contributed by atoms with E-state index < -0.39 is 0 Å². The molecule has 0 fully saturated rings. The molecule has 0 amide bonds. The summed E-state index contributed by atoms with van der Waals surface area (Å²) in [5.74, 6) is 0.713. The van der Waals surface area contributed by atoms with E-state index in [0.717, 1.165) is 6.42 Å². The molecule has 1 aromatic rings. The zero-order valence-corrected chi connectivity index (χ0v) is 9.67. The first-order valence-corrected chi connectivity index (χ1v) is 5.44. The topological polar surface area (TPSA) is 12.0 Å². The average Bonchev–Trinajstić information content (AvgIpc) is 2.06. The highest BCUT2D eigenvalue weighted by molar-refractivity contribution is 5.51. The molecular formula is C13H21N. The van der Waals surface area contributed by atoms with Crippen LogP contribution >= 0.6 is 0 Å². The van der Waals surface area contributed by atoms with Crippen molar-refractivity contribution in [3.63, 3.8) is 0 Å². The highest BCUT2D eigenvalue weighted by atomic mass is 14.9. The minimum Gasteiger partial charge on any atom is -0.383 e. The van der Waals surface area contributed by atoms with Crippen LogP contribution in [0.15, 0.2) is 24.3 Å². The number of rotatable bonds is 4. The van der Waals surface area contributed by atoms with Crippen LogP contribution in [-0.2, 0) is 6.42 Å². The molecule has 0 spiro atoms. The van der Waals surface area contributed by atoms with Crippen LogP contribution in [0.2, 0.25) is 0 Å². The Labute approximate surface area is 87.5 Å². The van der Waals surface area contributed by atoms with Crippen molar-refractivity contribution in [2.75, 3.05) is 5.32 Å². The molecule has 1 aromatic carbocycles. The van der Waals surface area contributed by atoms with Crippen molar-refractivity contribution in [2.24, 2.45) is 5.92 Å². The molecular weight excluding hydrogens is 170 g/mol. The predicted molar refractivity (Wildman–Crippen MR) is 63.7 cm³/mol. The SMILES string of the molecule is CC(C)Cc1ccccc1NC(C)C. The maximum absolute atomic E-state index is 3.48. The van der Waals surface area contributed by atoms with E-state index in [1.165, 1.54) is 11.3 Å². The molecule has 1 heteroatoms. The molecule has 0 unspecified atom stereocenters. The second-order valence-electron chi connectivity index (χ2n) is 4.55. The zero-order valence-electron chi connectivity index (χ0n) is 9.67. The van der Waals surface area contributed by atoms with Crippen molar-refractivity contribution in [2.45, 2.75) is 40.2 Å². The van der Waals surface area contributed by atoms with Crippen LogP contribution in [-0.4, -0.2) is 6.04 Å². The number of benzene rings is 1. The van der Waals surface area contributed by atoms with E-state index in [-0.39, 0.29) is 0 Å². The monoisotopic (exact) mass is 191 g/mol. The normalized spacial score (nSPS) is 11.0. The largest absolute Gasteiger partial charge is 0.383 e. The quantitative estimate of drug-likeness (QED) is 0.765. The van der Waals surface area contributed by atoms with E-state index in [2.05, 4.69) is 57.3 Å². The Morgan fingerprint density at radius 2 is 1.71 bits per heavy atom. The third-order valence-electron chi connectivity index (χ3n) is 2.09. The maximum atomic E-state index is 3.48. The molecule has 14 heavy (non-hydrogen) atoms. The molecule has 0 aliphatic rings. The Morgan fingerprint density at radius 1 is 1.07 bits per heavy atom. The van der Waals surface area contributed by atoms with Gasteiger partial charge in [0.2, 0.25) is 0 Å². The lowest BCUT2D eigenvalue weighted by Gasteiger charge is -2.15. The molecule has 0 radical (unpaired) electrons. The smallest absolute Gasteiger partial charge is 0.0374 e. The van der Waals surface area contributed by atoms with Crippen molar-refractivity contribution >= 4 is 5.69 Å². The van der Waals surface area contributed by atoms with Crippen LogP contribution in [0.5, 0.6) is 0 Å². The molecule has 1 nitrogen and oxygen atoms in total. The first-order chi connectivity index (χ1) is 6.59. The van der Waals surface area contributed by atoms with Gasteiger partial charge >= 0.3 is 0 Å². The van der Waals surface area contributed by atoms with Crippen LogP contribution in [0.1, 0.15) is 33.3 Å². The van der Waals surface area contributed by atoms with Crippen LogP contribution < -0.4 is 5.32 Å². The lowest BCUT2D eigenvalue weighted by Crippen LogP contribution is -2.12. The molecule has 1 N–H and O–H groups in total. The van der Waals surface area contributed by atoms with E-state index in [4.69, 9.17) is 0 Å². The standard InChI is InChI=1S/C13H21N/c1-10(2)9-12-7-5-6-8-13(12)14-11(3)4/h5-8,10-11,14H,9H2,1-4H3. The van der Waals surface area contributed by atoms with Crippen molar-refractivity contribution < 1.29 is 0 Å². The van der Waals surface area contributed by atoms with Crippen LogP contribution in [0, 0.1) is 5.92 Å². The fourth-order valence-electron chi connectivity index (χ4n) is 1.59. The molecule has 0 aliphatic carbocycles.